The minimum atomic E-state index is -0.201. The first kappa shape index (κ1) is 16.0. The van der Waals surface area contributed by atoms with Crippen LogP contribution in [0.15, 0.2) is 29.6 Å². The van der Waals surface area contributed by atoms with Gasteiger partial charge in [-0.1, -0.05) is 24.3 Å². The lowest BCUT2D eigenvalue weighted by Gasteiger charge is -2.27. The van der Waals surface area contributed by atoms with Gasteiger partial charge in [-0.3, -0.25) is 10.2 Å². The molecule has 0 bridgehead atoms. The predicted octanol–water partition coefficient (Wildman–Crippen LogP) is 3.23. The van der Waals surface area contributed by atoms with E-state index in [1.807, 2.05) is 19.2 Å². The molecule has 23 heavy (non-hydrogen) atoms. The second-order valence-electron chi connectivity index (χ2n) is 6.13. The molecule has 0 radical (unpaired) electrons. The van der Waals surface area contributed by atoms with Crippen LogP contribution in [-0.4, -0.2) is 28.5 Å². The largest absolute Gasteiger partial charge is 0.336 e. The number of nitrogens with zero attached hydrogens (tertiary/aromatic N) is 2. The molecular formula is C17H22N4OS. The Morgan fingerprint density at radius 3 is 2.91 bits per heavy atom. The van der Waals surface area contributed by atoms with Gasteiger partial charge < -0.3 is 5.32 Å². The van der Waals surface area contributed by atoms with Gasteiger partial charge in [0, 0.05) is 31.1 Å². The van der Waals surface area contributed by atoms with Crippen LogP contribution in [0.4, 0.5) is 9.93 Å². The number of hydrogen-bond acceptors (Lipinski definition) is 4. The second-order valence-corrected chi connectivity index (χ2v) is 6.98. The molecule has 0 saturated carbocycles. The summed E-state index contributed by atoms with van der Waals surface area (Å²) in [7, 11) is 0. The molecule has 3 rings (SSSR count). The summed E-state index contributed by atoms with van der Waals surface area (Å²) >= 11 is 1.47. The number of urea groups is 1. The average Bonchev–Trinajstić information content (AvgIpc) is 2.93. The molecule has 1 aliphatic heterocycles. The lowest BCUT2D eigenvalue weighted by atomic mass is 10.00. The van der Waals surface area contributed by atoms with Crippen molar-refractivity contribution in [2.75, 3.05) is 11.9 Å². The quantitative estimate of drug-likeness (QED) is 0.905. The van der Waals surface area contributed by atoms with Crippen molar-refractivity contribution in [1.82, 2.24) is 15.2 Å². The van der Waals surface area contributed by atoms with Crippen molar-refractivity contribution in [3.8, 4) is 0 Å². The fraction of sp³-hybridized carbons (Fsp3) is 0.412. The van der Waals surface area contributed by atoms with E-state index in [0.717, 1.165) is 31.7 Å². The van der Waals surface area contributed by atoms with Crippen molar-refractivity contribution >= 4 is 22.5 Å². The van der Waals surface area contributed by atoms with Crippen molar-refractivity contribution < 1.29 is 4.79 Å². The molecule has 0 saturated heterocycles. The Kier molecular flexibility index (Phi) is 4.93. The summed E-state index contributed by atoms with van der Waals surface area (Å²) in [4.78, 5) is 18.6. The molecule has 2 aromatic rings. The van der Waals surface area contributed by atoms with Crippen LogP contribution in [0.25, 0.3) is 0 Å². The first-order valence-corrected chi connectivity index (χ1v) is 8.79. The number of benzene rings is 1. The highest BCUT2D eigenvalue weighted by Crippen LogP contribution is 2.22. The highest BCUT2D eigenvalue weighted by atomic mass is 32.1. The number of aromatic nitrogens is 1. The Morgan fingerprint density at radius 2 is 2.13 bits per heavy atom. The molecular weight excluding hydrogens is 308 g/mol. The third-order valence-electron chi connectivity index (χ3n) is 3.79. The van der Waals surface area contributed by atoms with E-state index < -0.39 is 0 Å². The fourth-order valence-corrected chi connectivity index (χ4v) is 3.45. The number of carbonyl (C=O) groups is 1. The zero-order chi connectivity index (χ0) is 16.2. The van der Waals surface area contributed by atoms with Crippen LogP contribution in [0.2, 0.25) is 0 Å². The number of thiazole rings is 1. The Morgan fingerprint density at radius 1 is 1.35 bits per heavy atom. The van der Waals surface area contributed by atoms with Crippen molar-refractivity contribution in [2.24, 2.45) is 0 Å². The van der Waals surface area contributed by atoms with E-state index in [0.29, 0.717) is 5.13 Å². The van der Waals surface area contributed by atoms with E-state index in [1.54, 1.807) is 0 Å². The number of anilines is 1. The lowest BCUT2D eigenvalue weighted by Crippen LogP contribution is -2.34. The molecule has 6 heteroatoms. The van der Waals surface area contributed by atoms with Crippen molar-refractivity contribution in [1.29, 1.82) is 0 Å². The zero-order valence-corrected chi connectivity index (χ0v) is 14.3. The summed E-state index contributed by atoms with van der Waals surface area (Å²) in [6.45, 7) is 6.69. The summed E-state index contributed by atoms with van der Waals surface area (Å²) in [6, 6.07) is 8.53. The lowest BCUT2D eigenvalue weighted by molar-refractivity contribution is 0.243. The second kappa shape index (κ2) is 7.10. The van der Waals surface area contributed by atoms with Gasteiger partial charge in [0.1, 0.15) is 0 Å². The van der Waals surface area contributed by atoms with Crippen LogP contribution in [-0.2, 0) is 19.5 Å². The standard InChI is InChI=1S/C17H22N4OS/c1-12(2)18-16(22)20-17-19-15(11-23-17)10-21-8-7-13-5-3-4-6-14(13)9-21/h3-6,11-12H,7-10H2,1-2H3,(H2,18,19,20,22). The predicted molar refractivity (Wildman–Crippen MR) is 93.7 cm³/mol. The maximum atomic E-state index is 11.7. The van der Waals surface area contributed by atoms with Gasteiger partial charge in [0.15, 0.2) is 5.13 Å². The summed E-state index contributed by atoms with van der Waals surface area (Å²) in [5, 5.41) is 8.25. The summed E-state index contributed by atoms with van der Waals surface area (Å²) in [6.07, 6.45) is 1.09. The van der Waals surface area contributed by atoms with Crippen LogP contribution in [0, 0.1) is 0 Å². The van der Waals surface area contributed by atoms with Gasteiger partial charge in [-0.25, -0.2) is 9.78 Å². The molecule has 2 N–H and O–H groups in total. The molecule has 122 valence electrons. The maximum Gasteiger partial charge on any atom is 0.321 e. The van der Waals surface area contributed by atoms with Gasteiger partial charge in [0.2, 0.25) is 0 Å². The molecule has 1 aromatic carbocycles. The first-order chi connectivity index (χ1) is 11.1. The van der Waals surface area contributed by atoms with Gasteiger partial charge in [0.25, 0.3) is 0 Å². The first-order valence-electron chi connectivity index (χ1n) is 7.91. The normalized spacial score (nSPS) is 14.6. The number of hydrogen-bond donors (Lipinski definition) is 2. The van der Waals surface area contributed by atoms with E-state index in [4.69, 9.17) is 0 Å². The number of carbonyl (C=O) groups excluding carboxylic acids is 1. The van der Waals surface area contributed by atoms with Gasteiger partial charge in [0.05, 0.1) is 5.69 Å². The van der Waals surface area contributed by atoms with Gasteiger partial charge in [-0.2, -0.15) is 0 Å². The number of amides is 2. The third kappa shape index (κ3) is 4.30. The molecule has 1 aliphatic rings. The smallest absolute Gasteiger partial charge is 0.321 e. The third-order valence-corrected chi connectivity index (χ3v) is 4.59. The Balaban J connectivity index is 1.56. The zero-order valence-electron chi connectivity index (χ0n) is 13.5. The van der Waals surface area contributed by atoms with Crippen LogP contribution in [0.5, 0.6) is 0 Å². The van der Waals surface area contributed by atoms with E-state index in [9.17, 15) is 4.79 Å². The van der Waals surface area contributed by atoms with E-state index >= 15 is 0 Å². The molecule has 1 aromatic heterocycles. The monoisotopic (exact) mass is 330 g/mol. The van der Waals surface area contributed by atoms with Crippen LogP contribution < -0.4 is 10.6 Å². The minimum Gasteiger partial charge on any atom is -0.336 e. The topological polar surface area (TPSA) is 57.3 Å². The molecule has 2 heterocycles. The van der Waals surface area contributed by atoms with Crippen LogP contribution >= 0.6 is 11.3 Å². The maximum absolute atomic E-state index is 11.7. The summed E-state index contributed by atoms with van der Waals surface area (Å²) < 4.78 is 0. The number of fused-ring (bicyclic) bond motifs is 1. The van der Waals surface area contributed by atoms with Crippen molar-refractivity contribution in [3.63, 3.8) is 0 Å². The molecule has 0 atom stereocenters. The highest BCUT2D eigenvalue weighted by Gasteiger charge is 2.17. The van der Waals surface area contributed by atoms with Gasteiger partial charge >= 0.3 is 6.03 Å². The van der Waals surface area contributed by atoms with E-state index in [2.05, 4.69) is 44.8 Å². The molecule has 0 spiro atoms. The van der Waals surface area contributed by atoms with Crippen LogP contribution in [0.1, 0.15) is 30.7 Å². The summed E-state index contributed by atoms with van der Waals surface area (Å²) in [5.74, 6) is 0. The number of nitrogens with one attached hydrogen (secondary N) is 2. The van der Waals surface area contributed by atoms with E-state index in [1.165, 1.54) is 22.5 Å². The fourth-order valence-electron chi connectivity index (χ4n) is 2.75. The minimum absolute atomic E-state index is 0.114. The van der Waals surface area contributed by atoms with E-state index in [-0.39, 0.29) is 12.1 Å². The average molecular weight is 330 g/mol. The van der Waals surface area contributed by atoms with Crippen molar-refractivity contribution in [2.45, 2.75) is 39.4 Å². The molecule has 0 unspecified atom stereocenters. The SMILES string of the molecule is CC(C)NC(=O)Nc1nc(CN2CCc3ccccc3C2)cs1. The van der Waals surface area contributed by atoms with Crippen LogP contribution in [0.3, 0.4) is 0 Å². The number of rotatable bonds is 4. The highest BCUT2D eigenvalue weighted by molar-refractivity contribution is 7.13. The Hall–Kier alpha value is -1.92. The molecule has 0 fully saturated rings. The molecule has 2 amide bonds. The molecule has 5 nitrogen and oxygen atoms in total. The Bertz CT molecular complexity index is 683. The Labute approximate surface area is 140 Å². The van der Waals surface area contributed by atoms with Gasteiger partial charge in [-0.15, -0.1) is 11.3 Å². The van der Waals surface area contributed by atoms with Gasteiger partial charge in [-0.05, 0) is 31.4 Å². The van der Waals surface area contributed by atoms with Crippen molar-refractivity contribution in [3.05, 3.63) is 46.5 Å². The summed E-state index contributed by atoms with van der Waals surface area (Å²) in [5.41, 5.74) is 3.87. The molecule has 0 aliphatic carbocycles.